The highest BCUT2D eigenvalue weighted by Crippen LogP contribution is 2.29. The third-order valence-electron chi connectivity index (χ3n) is 5.95. The Hall–Kier alpha value is -2.89. The van der Waals surface area contributed by atoms with Crippen LogP contribution in [0, 0.1) is 11.6 Å². The number of aliphatic hydroxyl groups is 1. The van der Waals surface area contributed by atoms with Crippen molar-refractivity contribution in [3.8, 4) is 0 Å². The molecule has 1 aliphatic heterocycles. The van der Waals surface area contributed by atoms with E-state index < -0.39 is 39.7 Å². The van der Waals surface area contributed by atoms with Crippen LogP contribution < -0.4 is 10.6 Å². The second kappa shape index (κ2) is 10.2. The van der Waals surface area contributed by atoms with E-state index in [1.165, 1.54) is 18.3 Å². The minimum atomic E-state index is -3.30. The molecule has 1 aromatic heterocycles. The van der Waals surface area contributed by atoms with Crippen molar-refractivity contribution in [1.29, 1.82) is 0 Å². The Morgan fingerprint density at radius 3 is 2.62 bits per heavy atom. The minimum Gasteiger partial charge on any atom is -0.390 e. The van der Waals surface area contributed by atoms with E-state index in [1.54, 1.807) is 0 Å². The lowest BCUT2D eigenvalue weighted by Crippen LogP contribution is -2.45. The van der Waals surface area contributed by atoms with Crippen molar-refractivity contribution in [1.82, 2.24) is 20.7 Å². The number of nitrogens with zero attached hydrogens (tertiary/aromatic N) is 2. The van der Waals surface area contributed by atoms with Crippen LogP contribution in [0.1, 0.15) is 35.2 Å². The van der Waals surface area contributed by atoms with Gasteiger partial charge in [0.2, 0.25) is 0 Å². The molecule has 0 spiro atoms. The van der Waals surface area contributed by atoms with Crippen LogP contribution in [0.4, 0.5) is 14.6 Å². The first-order valence-electron chi connectivity index (χ1n) is 11.0. The van der Waals surface area contributed by atoms with Crippen LogP contribution in [-0.2, 0) is 28.4 Å². The van der Waals surface area contributed by atoms with Gasteiger partial charge in [0, 0.05) is 18.7 Å². The number of aliphatic hydroxyl groups excluding tert-OH is 1. The fraction of sp³-hybridized carbons (Fsp3) is 0.391. The first-order chi connectivity index (χ1) is 16.2. The third kappa shape index (κ3) is 5.96. The average molecular weight is 492 g/mol. The molecule has 8 nitrogen and oxygen atoms in total. The number of aryl methyl sites for hydroxylation is 1. The molecular weight excluding hydrogens is 464 g/mol. The van der Waals surface area contributed by atoms with Crippen molar-refractivity contribution in [2.45, 2.75) is 43.7 Å². The Balaban J connectivity index is 1.52. The number of halogens is 2. The number of H-pyrrole nitrogens is 1. The van der Waals surface area contributed by atoms with Gasteiger partial charge < -0.3 is 15.7 Å². The number of nitrogens with one attached hydrogen (secondary N) is 3. The molecule has 11 heteroatoms. The number of sulfone groups is 1. The van der Waals surface area contributed by atoms with Crippen LogP contribution in [0.15, 0.2) is 42.6 Å². The van der Waals surface area contributed by atoms with Gasteiger partial charge in [0.05, 0.1) is 29.8 Å². The molecule has 0 aliphatic carbocycles. The van der Waals surface area contributed by atoms with Crippen LogP contribution in [-0.4, -0.2) is 53.4 Å². The summed E-state index contributed by atoms with van der Waals surface area (Å²) in [5.41, 5.74) is 3.12. The van der Waals surface area contributed by atoms with Crippen LogP contribution in [0.2, 0.25) is 0 Å². The van der Waals surface area contributed by atoms with Crippen molar-refractivity contribution in [3.63, 3.8) is 0 Å². The highest BCUT2D eigenvalue weighted by Gasteiger charge is 2.31. The number of benzene rings is 2. The number of aromatic nitrogens is 3. The largest absolute Gasteiger partial charge is 0.390 e. The van der Waals surface area contributed by atoms with Crippen molar-refractivity contribution in [2.75, 3.05) is 17.6 Å². The Labute approximate surface area is 196 Å². The summed E-state index contributed by atoms with van der Waals surface area (Å²) < 4.78 is 52.3. The summed E-state index contributed by atoms with van der Waals surface area (Å²) in [6.45, 7) is 2.08. The Kier molecular flexibility index (Phi) is 7.24. The van der Waals surface area contributed by atoms with Crippen molar-refractivity contribution in [2.24, 2.45) is 0 Å². The molecule has 2 aromatic carbocycles. The predicted octanol–water partition coefficient (Wildman–Crippen LogP) is 2.29. The Morgan fingerprint density at radius 2 is 1.94 bits per heavy atom. The average Bonchev–Trinajstić information content (AvgIpc) is 3.28. The van der Waals surface area contributed by atoms with Crippen LogP contribution in [0.3, 0.4) is 0 Å². The van der Waals surface area contributed by atoms with Gasteiger partial charge in [0.25, 0.3) is 0 Å². The van der Waals surface area contributed by atoms with Gasteiger partial charge in [0.1, 0.15) is 11.6 Å². The van der Waals surface area contributed by atoms with E-state index in [9.17, 15) is 22.3 Å². The summed E-state index contributed by atoms with van der Waals surface area (Å²) in [5, 5.41) is 27.3. The number of aromatic amines is 1. The number of rotatable bonds is 9. The zero-order valence-corrected chi connectivity index (χ0v) is 19.4. The van der Waals surface area contributed by atoms with Gasteiger partial charge in [-0.2, -0.15) is 10.3 Å². The maximum Gasteiger partial charge on any atom is 0.168 e. The second-order valence-electron chi connectivity index (χ2n) is 8.56. The van der Waals surface area contributed by atoms with Gasteiger partial charge >= 0.3 is 0 Å². The topological polar surface area (TPSA) is 120 Å². The fourth-order valence-corrected chi connectivity index (χ4v) is 5.92. The normalized spacial score (nSPS) is 18.8. The van der Waals surface area contributed by atoms with E-state index in [-0.39, 0.29) is 24.5 Å². The summed E-state index contributed by atoms with van der Waals surface area (Å²) in [6.07, 6.45) is 1.31. The SMILES string of the molecule is CCc1ccc2c(c1)C(NCC(O)C(Cc1cc(F)cc(F)c1)Nc1cn[nH]n1)CS(=O)(=O)C2. The molecule has 0 amide bonds. The summed E-state index contributed by atoms with van der Waals surface area (Å²) in [6, 6.07) is 7.83. The zero-order chi connectivity index (χ0) is 24.3. The highest BCUT2D eigenvalue weighted by atomic mass is 32.2. The summed E-state index contributed by atoms with van der Waals surface area (Å²) in [4.78, 5) is 0. The Morgan fingerprint density at radius 1 is 1.18 bits per heavy atom. The molecule has 0 bridgehead atoms. The lowest BCUT2D eigenvalue weighted by molar-refractivity contribution is 0.145. The van der Waals surface area contributed by atoms with E-state index in [4.69, 9.17) is 0 Å². The zero-order valence-electron chi connectivity index (χ0n) is 18.6. The monoisotopic (exact) mass is 491 g/mol. The van der Waals surface area contributed by atoms with E-state index in [0.29, 0.717) is 11.4 Å². The molecule has 4 N–H and O–H groups in total. The van der Waals surface area contributed by atoms with Gasteiger partial charge in [-0.05, 0) is 47.2 Å². The molecule has 0 saturated carbocycles. The lowest BCUT2D eigenvalue weighted by atomic mass is 9.97. The molecule has 2 heterocycles. The van der Waals surface area contributed by atoms with Gasteiger partial charge in [0.15, 0.2) is 15.7 Å². The molecule has 34 heavy (non-hydrogen) atoms. The van der Waals surface area contributed by atoms with Crippen LogP contribution in [0.5, 0.6) is 0 Å². The molecular formula is C23H27F2N5O3S. The smallest absolute Gasteiger partial charge is 0.168 e. The third-order valence-corrected chi connectivity index (χ3v) is 7.55. The summed E-state index contributed by atoms with van der Waals surface area (Å²) in [7, 11) is -3.30. The maximum atomic E-state index is 13.7. The number of hydrogen-bond acceptors (Lipinski definition) is 7. The number of fused-ring (bicyclic) bond motifs is 1. The molecule has 3 aromatic rings. The molecule has 1 aliphatic rings. The van der Waals surface area contributed by atoms with Gasteiger partial charge in [-0.25, -0.2) is 17.2 Å². The quantitative estimate of drug-likeness (QED) is 0.363. The number of hydrogen-bond donors (Lipinski definition) is 4. The fourth-order valence-electron chi connectivity index (χ4n) is 4.26. The van der Waals surface area contributed by atoms with Crippen molar-refractivity contribution >= 4 is 15.7 Å². The Bertz CT molecular complexity index is 1220. The molecule has 3 unspecified atom stereocenters. The van der Waals surface area contributed by atoms with E-state index in [2.05, 4.69) is 26.0 Å². The van der Waals surface area contributed by atoms with Crippen molar-refractivity contribution < 1.29 is 22.3 Å². The standard InChI is InChI=1S/C23H27F2N5O3S/c1-2-14-3-4-16-12-34(32,33)13-21(19(16)7-14)26-10-22(31)20(28-23-11-27-30-29-23)8-15-5-17(24)9-18(25)6-15/h3-7,9,11,20-22,26,31H,2,8,10,12-13H2,1H3,(H2,27,28,29,30). The molecule has 182 valence electrons. The van der Waals surface area contributed by atoms with Gasteiger partial charge in [-0.1, -0.05) is 25.1 Å². The molecule has 4 rings (SSSR count). The number of anilines is 1. The molecule has 0 radical (unpaired) electrons. The van der Waals surface area contributed by atoms with E-state index in [0.717, 1.165) is 29.2 Å². The summed E-state index contributed by atoms with van der Waals surface area (Å²) >= 11 is 0. The molecule has 3 atom stereocenters. The minimum absolute atomic E-state index is 0.00542. The summed E-state index contributed by atoms with van der Waals surface area (Å²) in [5.74, 6) is -1.14. The molecule has 0 fully saturated rings. The maximum absolute atomic E-state index is 13.7. The molecule has 0 saturated heterocycles. The van der Waals surface area contributed by atoms with Crippen LogP contribution in [0.25, 0.3) is 0 Å². The lowest BCUT2D eigenvalue weighted by Gasteiger charge is -2.30. The van der Waals surface area contributed by atoms with E-state index in [1.807, 2.05) is 25.1 Å². The van der Waals surface area contributed by atoms with Crippen LogP contribution >= 0.6 is 0 Å². The second-order valence-corrected chi connectivity index (χ2v) is 10.7. The first-order valence-corrected chi connectivity index (χ1v) is 12.9. The highest BCUT2D eigenvalue weighted by molar-refractivity contribution is 7.90. The van der Waals surface area contributed by atoms with E-state index >= 15 is 0 Å². The van der Waals surface area contributed by atoms with Gasteiger partial charge in [-0.3, -0.25) is 0 Å². The van der Waals surface area contributed by atoms with Gasteiger partial charge in [-0.15, -0.1) is 5.10 Å². The van der Waals surface area contributed by atoms with Crippen molar-refractivity contribution in [3.05, 3.63) is 76.5 Å². The predicted molar refractivity (Wildman–Crippen MR) is 124 cm³/mol. The first kappa shape index (κ1) is 24.2.